The average molecular weight is 330 g/mol. The Morgan fingerprint density at radius 1 is 0.920 bits per heavy atom. The standard InChI is InChI=1S/C22H18O3/c1-2-14-25-19-12-13-20(22(23)24)21(15-19)18-10-8-17(9-11-18)16-6-4-3-5-7-16/h2-13,15H,1,14H2,(H,23,24). The van der Waals surface area contributed by atoms with Crippen LogP contribution >= 0.6 is 0 Å². The zero-order valence-corrected chi connectivity index (χ0v) is 13.7. The van der Waals surface area contributed by atoms with E-state index in [2.05, 4.69) is 6.58 Å². The van der Waals surface area contributed by atoms with E-state index in [0.717, 1.165) is 16.7 Å². The molecule has 0 atom stereocenters. The highest BCUT2D eigenvalue weighted by Crippen LogP contribution is 2.30. The van der Waals surface area contributed by atoms with E-state index in [9.17, 15) is 9.90 Å². The van der Waals surface area contributed by atoms with Crippen LogP contribution in [0.5, 0.6) is 5.75 Å². The zero-order valence-electron chi connectivity index (χ0n) is 13.7. The summed E-state index contributed by atoms with van der Waals surface area (Å²) in [6.45, 7) is 4.00. The van der Waals surface area contributed by atoms with Crippen LogP contribution in [-0.4, -0.2) is 17.7 Å². The van der Waals surface area contributed by atoms with Gasteiger partial charge in [-0.15, -0.1) is 0 Å². The van der Waals surface area contributed by atoms with Crippen molar-refractivity contribution in [1.82, 2.24) is 0 Å². The van der Waals surface area contributed by atoms with Gasteiger partial charge in [-0.2, -0.15) is 0 Å². The summed E-state index contributed by atoms with van der Waals surface area (Å²) >= 11 is 0. The molecule has 0 fully saturated rings. The molecule has 1 N–H and O–H groups in total. The molecular formula is C22H18O3. The van der Waals surface area contributed by atoms with Crippen molar-refractivity contribution in [3.05, 3.63) is 91.0 Å². The second-order valence-corrected chi connectivity index (χ2v) is 5.56. The highest BCUT2D eigenvalue weighted by molar-refractivity contribution is 5.96. The average Bonchev–Trinajstić information content (AvgIpc) is 2.67. The quantitative estimate of drug-likeness (QED) is 0.625. The smallest absolute Gasteiger partial charge is 0.336 e. The van der Waals surface area contributed by atoms with Crippen molar-refractivity contribution in [3.8, 4) is 28.0 Å². The number of hydrogen-bond acceptors (Lipinski definition) is 2. The fourth-order valence-electron chi connectivity index (χ4n) is 2.67. The number of hydrogen-bond donors (Lipinski definition) is 1. The van der Waals surface area contributed by atoms with Gasteiger partial charge in [0.15, 0.2) is 0 Å². The van der Waals surface area contributed by atoms with Crippen LogP contribution in [0.1, 0.15) is 10.4 Å². The molecule has 3 nitrogen and oxygen atoms in total. The molecule has 0 heterocycles. The highest BCUT2D eigenvalue weighted by atomic mass is 16.5. The van der Waals surface area contributed by atoms with Gasteiger partial charge in [-0.05, 0) is 40.5 Å². The van der Waals surface area contributed by atoms with Crippen molar-refractivity contribution in [2.45, 2.75) is 0 Å². The van der Waals surface area contributed by atoms with Gasteiger partial charge < -0.3 is 9.84 Å². The minimum atomic E-state index is -0.961. The van der Waals surface area contributed by atoms with Gasteiger partial charge in [0.05, 0.1) is 5.56 Å². The minimum absolute atomic E-state index is 0.249. The molecule has 0 aliphatic heterocycles. The van der Waals surface area contributed by atoms with E-state index in [1.807, 2.05) is 54.6 Å². The van der Waals surface area contributed by atoms with E-state index in [4.69, 9.17) is 4.74 Å². The van der Waals surface area contributed by atoms with Crippen molar-refractivity contribution in [3.63, 3.8) is 0 Å². The SMILES string of the molecule is C=CCOc1ccc(C(=O)O)c(-c2ccc(-c3ccccc3)cc2)c1. The highest BCUT2D eigenvalue weighted by Gasteiger charge is 2.13. The second-order valence-electron chi connectivity index (χ2n) is 5.56. The summed E-state index contributed by atoms with van der Waals surface area (Å²) in [5.41, 5.74) is 3.92. The maximum absolute atomic E-state index is 11.6. The van der Waals surface area contributed by atoms with Crippen LogP contribution in [0.2, 0.25) is 0 Å². The van der Waals surface area contributed by atoms with E-state index in [-0.39, 0.29) is 5.56 Å². The van der Waals surface area contributed by atoms with Crippen LogP contribution in [0.3, 0.4) is 0 Å². The van der Waals surface area contributed by atoms with Crippen LogP contribution in [-0.2, 0) is 0 Å². The Balaban J connectivity index is 1.99. The Morgan fingerprint density at radius 2 is 1.56 bits per heavy atom. The number of carboxylic acids is 1. The summed E-state index contributed by atoms with van der Waals surface area (Å²) in [6.07, 6.45) is 1.65. The largest absolute Gasteiger partial charge is 0.490 e. The third-order valence-corrected chi connectivity index (χ3v) is 3.89. The first-order valence-corrected chi connectivity index (χ1v) is 7.96. The Labute approximate surface area is 146 Å². The number of rotatable bonds is 6. The Kier molecular flexibility index (Phi) is 4.95. The van der Waals surface area contributed by atoms with Crippen molar-refractivity contribution >= 4 is 5.97 Å². The van der Waals surface area contributed by atoms with Crippen LogP contribution < -0.4 is 4.74 Å². The Hall–Kier alpha value is -3.33. The molecule has 0 aromatic heterocycles. The summed E-state index contributed by atoms with van der Waals surface area (Å²) in [5, 5.41) is 9.47. The third kappa shape index (κ3) is 3.78. The topological polar surface area (TPSA) is 46.5 Å². The van der Waals surface area contributed by atoms with Crippen molar-refractivity contribution < 1.29 is 14.6 Å². The summed E-state index contributed by atoms with van der Waals surface area (Å²) in [6, 6.07) is 22.9. The van der Waals surface area contributed by atoms with E-state index < -0.39 is 5.97 Å². The zero-order chi connectivity index (χ0) is 17.6. The van der Waals surface area contributed by atoms with E-state index >= 15 is 0 Å². The molecule has 0 amide bonds. The van der Waals surface area contributed by atoms with Crippen molar-refractivity contribution in [1.29, 1.82) is 0 Å². The van der Waals surface area contributed by atoms with Gasteiger partial charge in [0.2, 0.25) is 0 Å². The fraction of sp³-hybridized carbons (Fsp3) is 0.0455. The van der Waals surface area contributed by atoms with E-state index in [0.29, 0.717) is 17.9 Å². The lowest BCUT2D eigenvalue weighted by atomic mass is 9.96. The first kappa shape index (κ1) is 16.5. The monoisotopic (exact) mass is 330 g/mol. The molecule has 0 unspecified atom stereocenters. The van der Waals surface area contributed by atoms with Gasteiger partial charge in [0, 0.05) is 0 Å². The first-order valence-electron chi connectivity index (χ1n) is 7.96. The van der Waals surface area contributed by atoms with Crippen molar-refractivity contribution in [2.75, 3.05) is 6.61 Å². The van der Waals surface area contributed by atoms with Crippen LogP contribution in [0.15, 0.2) is 85.5 Å². The van der Waals surface area contributed by atoms with Crippen LogP contribution in [0, 0.1) is 0 Å². The summed E-state index contributed by atoms with van der Waals surface area (Å²) < 4.78 is 5.53. The van der Waals surface area contributed by atoms with Crippen LogP contribution in [0.4, 0.5) is 0 Å². The molecule has 0 aliphatic rings. The fourth-order valence-corrected chi connectivity index (χ4v) is 2.67. The molecule has 3 heteroatoms. The molecule has 124 valence electrons. The molecule has 0 saturated carbocycles. The normalized spacial score (nSPS) is 10.2. The van der Waals surface area contributed by atoms with Gasteiger partial charge in [0.1, 0.15) is 12.4 Å². The molecule has 3 rings (SSSR count). The van der Waals surface area contributed by atoms with Crippen molar-refractivity contribution in [2.24, 2.45) is 0 Å². The number of ether oxygens (including phenoxy) is 1. The van der Waals surface area contributed by atoms with Gasteiger partial charge in [-0.1, -0.05) is 67.3 Å². The molecule has 0 saturated heterocycles. The summed E-state index contributed by atoms with van der Waals surface area (Å²) in [5.74, 6) is -0.343. The predicted molar refractivity (Wildman–Crippen MR) is 100.0 cm³/mol. The maximum atomic E-state index is 11.6. The molecule has 3 aromatic rings. The maximum Gasteiger partial charge on any atom is 0.336 e. The predicted octanol–water partition coefficient (Wildman–Crippen LogP) is 5.28. The number of carbonyl (C=O) groups is 1. The van der Waals surface area contributed by atoms with Gasteiger partial charge >= 0.3 is 5.97 Å². The Bertz CT molecular complexity index is 881. The number of benzene rings is 3. The second kappa shape index (κ2) is 7.49. The lowest BCUT2D eigenvalue weighted by Crippen LogP contribution is -2.01. The molecule has 0 bridgehead atoms. The minimum Gasteiger partial charge on any atom is -0.490 e. The first-order chi connectivity index (χ1) is 12.2. The third-order valence-electron chi connectivity index (χ3n) is 3.89. The number of aromatic carboxylic acids is 1. The lowest BCUT2D eigenvalue weighted by molar-refractivity contribution is 0.0697. The van der Waals surface area contributed by atoms with Crippen LogP contribution in [0.25, 0.3) is 22.3 Å². The number of carboxylic acid groups (broad SMARTS) is 1. The van der Waals surface area contributed by atoms with Gasteiger partial charge in [-0.25, -0.2) is 4.79 Å². The van der Waals surface area contributed by atoms with Gasteiger partial charge in [-0.3, -0.25) is 0 Å². The van der Waals surface area contributed by atoms with Gasteiger partial charge in [0.25, 0.3) is 0 Å². The summed E-state index contributed by atoms with van der Waals surface area (Å²) in [7, 11) is 0. The van der Waals surface area contributed by atoms with E-state index in [1.165, 1.54) is 0 Å². The Morgan fingerprint density at radius 3 is 2.20 bits per heavy atom. The molecule has 0 aliphatic carbocycles. The van der Waals surface area contributed by atoms with E-state index in [1.54, 1.807) is 24.3 Å². The molecule has 0 spiro atoms. The molecule has 0 radical (unpaired) electrons. The lowest BCUT2D eigenvalue weighted by Gasteiger charge is -2.11. The molecule has 3 aromatic carbocycles. The molecule has 25 heavy (non-hydrogen) atoms. The molecular weight excluding hydrogens is 312 g/mol. The summed E-state index contributed by atoms with van der Waals surface area (Å²) in [4.78, 5) is 11.6.